The topological polar surface area (TPSA) is 78.7 Å². The van der Waals surface area contributed by atoms with E-state index in [1.165, 1.54) is 0 Å². The Kier molecular flexibility index (Phi) is 7.40. The average Bonchev–Trinajstić information content (AvgIpc) is 3.14. The Morgan fingerprint density at radius 1 is 1.00 bits per heavy atom. The van der Waals surface area contributed by atoms with Crippen LogP contribution in [-0.2, 0) is 6.42 Å². The number of nitrogens with one attached hydrogen (secondary N) is 3. The highest BCUT2D eigenvalue weighted by Crippen LogP contribution is 1.99. The predicted molar refractivity (Wildman–Crippen MR) is 95.2 cm³/mol. The van der Waals surface area contributed by atoms with Crippen molar-refractivity contribution >= 4 is 11.9 Å². The molecule has 1 heterocycles. The zero-order chi connectivity index (χ0) is 17.0. The summed E-state index contributed by atoms with van der Waals surface area (Å²) in [6.07, 6.45) is 3.30. The lowest BCUT2D eigenvalue weighted by Gasteiger charge is -2.11. The molecule has 0 aliphatic carbocycles. The third-order valence-electron chi connectivity index (χ3n) is 3.44. The highest BCUT2D eigenvalue weighted by molar-refractivity contribution is 5.94. The number of guanidine groups is 1. The summed E-state index contributed by atoms with van der Waals surface area (Å²) in [6, 6.07) is 13.0. The molecule has 0 saturated carbocycles. The Morgan fingerprint density at radius 3 is 2.46 bits per heavy atom. The number of aliphatic imine (C=N–C) groups is 1. The number of amides is 1. The van der Waals surface area contributed by atoms with E-state index in [4.69, 9.17) is 4.42 Å². The minimum atomic E-state index is -0.0449. The van der Waals surface area contributed by atoms with Gasteiger partial charge in [0.05, 0.1) is 6.26 Å². The first-order chi connectivity index (χ1) is 11.8. The Balaban J connectivity index is 1.56. The molecule has 3 N–H and O–H groups in total. The Hall–Kier alpha value is -2.76. The van der Waals surface area contributed by atoms with E-state index in [0.29, 0.717) is 12.1 Å². The average molecular weight is 328 g/mol. The van der Waals surface area contributed by atoms with Gasteiger partial charge in [-0.3, -0.25) is 9.79 Å². The maximum atomic E-state index is 11.9. The van der Waals surface area contributed by atoms with Crippen LogP contribution in [0.1, 0.15) is 22.5 Å². The summed E-state index contributed by atoms with van der Waals surface area (Å²) >= 11 is 0. The fraction of sp³-hybridized carbons (Fsp3) is 0.333. The van der Waals surface area contributed by atoms with Crippen LogP contribution in [-0.4, -0.2) is 38.5 Å². The van der Waals surface area contributed by atoms with Crippen LogP contribution < -0.4 is 16.0 Å². The monoisotopic (exact) mass is 328 g/mol. The number of benzene rings is 1. The van der Waals surface area contributed by atoms with Gasteiger partial charge in [-0.15, -0.1) is 0 Å². The van der Waals surface area contributed by atoms with Gasteiger partial charge < -0.3 is 20.4 Å². The van der Waals surface area contributed by atoms with E-state index in [9.17, 15) is 4.79 Å². The van der Waals surface area contributed by atoms with Crippen LogP contribution in [0.2, 0.25) is 0 Å². The second-order valence-corrected chi connectivity index (χ2v) is 5.23. The summed E-state index contributed by atoms with van der Waals surface area (Å²) in [5.74, 6) is 1.65. The van der Waals surface area contributed by atoms with E-state index in [2.05, 4.69) is 20.9 Å². The normalized spacial score (nSPS) is 11.1. The quantitative estimate of drug-likeness (QED) is 0.392. The van der Waals surface area contributed by atoms with Crippen LogP contribution in [0.15, 0.2) is 58.1 Å². The molecule has 1 amide bonds. The fourth-order valence-corrected chi connectivity index (χ4v) is 2.17. The lowest BCUT2D eigenvalue weighted by molar-refractivity contribution is 0.0953. The molecule has 0 aliphatic rings. The highest BCUT2D eigenvalue weighted by Gasteiger charge is 2.03. The molecule has 0 aliphatic heterocycles. The van der Waals surface area contributed by atoms with Crippen molar-refractivity contribution in [3.05, 3.63) is 60.1 Å². The standard InChI is InChI=1S/C18H24N4O2/c1-19-18(22-13-10-16-9-5-14-24-16)21-12-6-11-20-17(23)15-7-3-2-4-8-15/h2-5,7-9,14H,6,10-13H2,1H3,(H,20,23)(H2,19,21,22). The van der Waals surface area contributed by atoms with Crippen LogP contribution in [0.4, 0.5) is 0 Å². The van der Waals surface area contributed by atoms with Crippen molar-refractivity contribution in [1.82, 2.24) is 16.0 Å². The molecule has 0 saturated heterocycles. The fourth-order valence-electron chi connectivity index (χ4n) is 2.17. The van der Waals surface area contributed by atoms with Crippen molar-refractivity contribution in [1.29, 1.82) is 0 Å². The highest BCUT2D eigenvalue weighted by atomic mass is 16.3. The van der Waals surface area contributed by atoms with Gasteiger partial charge in [0.25, 0.3) is 5.91 Å². The van der Waals surface area contributed by atoms with Crippen LogP contribution in [0.5, 0.6) is 0 Å². The zero-order valence-corrected chi connectivity index (χ0v) is 13.9. The van der Waals surface area contributed by atoms with Crippen LogP contribution in [0, 0.1) is 0 Å². The van der Waals surface area contributed by atoms with Crippen LogP contribution >= 0.6 is 0 Å². The van der Waals surface area contributed by atoms with Crippen molar-refractivity contribution in [3.63, 3.8) is 0 Å². The van der Waals surface area contributed by atoms with Gasteiger partial charge in [0.1, 0.15) is 5.76 Å². The molecule has 0 fully saturated rings. The molecule has 0 bridgehead atoms. The minimum absolute atomic E-state index is 0.0449. The molecule has 128 valence electrons. The maximum Gasteiger partial charge on any atom is 0.251 e. The second-order valence-electron chi connectivity index (χ2n) is 5.23. The van der Waals surface area contributed by atoms with E-state index < -0.39 is 0 Å². The van der Waals surface area contributed by atoms with E-state index in [1.807, 2.05) is 30.3 Å². The molecular formula is C18H24N4O2. The summed E-state index contributed by atoms with van der Waals surface area (Å²) in [5.41, 5.74) is 0.681. The minimum Gasteiger partial charge on any atom is -0.469 e. The molecule has 1 aromatic carbocycles. The maximum absolute atomic E-state index is 11.9. The molecule has 2 aromatic rings. The van der Waals surface area contributed by atoms with E-state index in [1.54, 1.807) is 25.4 Å². The summed E-state index contributed by atoms with van der Waals surface area (Å²) in [5, 5.41) is 9.35. The molecule has 2 rings (SSSR count). The number of nitrogens with zero attached hydrogens (tertiary/aromatic N) is 1. The van der Waals surface area contributed by atoms with Gasteiger partial charge in [0, 0.05) is 38.7 Å². The lowest BCUT2D eigenvalue weighted by Crippen LogP contribution is -2.39. The van der Waals surface area contributed by atoms with Gasteiger partial charge in [-0.2, -0.15) is 0 Å². The first-order valence-corrected chi connectivity index (χ1v) is 8.10. The molecule has 6 nitrogen and oxygen atoms in total. The van der Waals surface area contributed by atoms with Crippen molar-refractivity contribution in [2.45, 2.75) is 12.8 Å². The van der Waals surface area contributed by atoms with Crippen molar-refractivity contribution < 1.29 is 9.21 Å². The number of hydrogen-bond acceptors (Lipinski definition) is 3. The smallest absolute Gasteiger partial charge is 0.251 e. The molecule has 1 aromatic heterocycles. The summed E-state index contributed by atoms with van der Waals surface area (Å²) < 4.78 is 5.28. The van der Waals surface area contributed by atoms with Gasteiger partial charge >= 0.3 is 0 Å². The van der Waals surface area contributed by atoms with Crippen molar-refractivity contribution in [2.24, 2.45) is 4.99 Å². The number of carbonyl (C=O) groups is 1. The van der Waals surface area contributed by atoms with Crippen LogP contribution in [0.3, 0.4) is 0 Å². The molecular weight excluding hydrogens is 304 g/mol. The zero-order valence-electron chi connectivity index (χ0n) is 13.9. The molecule has 0 radical (unpaired) electrons. The van der Waals surface area contributed by atoms with Crippen molar-refractivity contribution in [2.75, 3.05) is 26.7 Å². The van der Waals surface area contributed by atoms with Gasteiger partial charge in [-0.25, -0.2) is 0 Å². The largest absolute Gasteiger partial charge is 0.469 e. The molecule has 0 spiro atoms. The SMILES string of the molecule is CN=C(NCCCNC(=O)c1ccccc1)NCCc1ccco1. The van der Waals surface area contributed by atoms with Crippen LogP contribution in [0.25, 0.3) is 0 Å². The van der Waals surface area contributed by atoms with Gasteiger partial charge in [0.15, 0.2) is 5.96 Å². The van der Waals surface area contributed by atoms with Gasteiger partial charge in [-0.1, -0.05) is 18.2 Å². The summed E-state index contributed by atoms with van der Waals surface area (Å²) in [7, 11) is 1.74. The Labute approximate surface area is 142 Å². The molecule has 6 heteroatoms. The third kappa shape index (κ3) is 6.16. The Morgan fingerprint density at radius 2 is 1.75 bits per heavy atom. The third-order valence-corrected chi connectivity index (χ3v) is 3.44. The summed E-state index contributed by atoms with van der Waals surface area (Å²) in [4.78, 5) is 16.0. The first-order valence-electron chi connectivity index (χ1n) is 8.10. The first kappa shape index (κ1) is 17.6. The molecule has 0 unspecified atom stereocenters. The van der Waals surface area contributed by atoms with E-state index in [-0.39, 0.29) is 5.91 Å². The number of furan rings is 1. The number of rotatable bonds is 8. The number of carbonyl (C=O) groups excluding carboxylic acids is 1. The van der Waals surface area contributed by atoms with E-state index >= 15 is 0 Å². The number of hydrogen-bond donors (Lipinski definition) is 3. The molecule has 24 heavy (non-hydrogen) atoms. The lowest BCUT2D eigenvalue weighted by atomic mass is 10.2. The Bertz CT molecular complexity index is 624. The predicted octanol–water partition coefficient (Wildman–Crippen LogP) is 1.81. The summed E-state index contributed by atoms with van der Waals surface area (Å²) in [6.45, 7) is 2.09. The van der Waals surface area contributed by atoms with Gasteiger partial charge in [0.2, 0.25) is 0 Å². The van der Waals surface area contributed by atoms with E-state index in [0.717, 1.165) is 37.7 Å². The second kappa shape index (κ2) is 10.1. The van der Waals surface area contributed by atoms with Gasteiger partial charge in [-0.05, 0) is 30.7 Å². The van der Waals surface area contributed by atoms with Crippen molar-refractivity contribution in [3.8, 4) is 0 Å². The molecule has 0 atom stereocenters.